The Morgan fingerprint density at radius 3 is 2.25 bits per heavy atom. The smallest absolute Gasteiger partial charge is 0.235 e. The van der Waals surface area contributed by atoms with Gasteiger partial charge in [0.1, 0.15) is 0 Å². The normalized spacial score (nSPS) is 13.4. The van der Waals surface area contributed by atoms with Gasteiger partial charge in [0.05, 0.1) is 11.4 Å². The van der Waals surface area contributed by atoms with Crippen LogP contribution in [0.4, 0.5) is 5.69 Å². The van der Waals surface area contributed by atoms with Gasteiger partial charge in [-0.2, -0.15) is 0 Å². The van der Waals surface area contributed by atoms with Crippen LogP contribution in [0.5, 0.6) is 0 Å². The highest BCUT2D eigenvalue weighted by Crippen LogP contribution is 2.13. The summed E-state index contributed by atoms with van der Waals surface area (Å²) in [5.74, 6) is 0. The van der Waals surface area contributed by atoms with Crippen molar-refractivity contribution in [2.45, 2.75) is 38.5 Å². The molecule has 1 rings (SSSR count). The molecule has 1 unspecified atom stereocenters. The second-order valence-corrected chi connectivity index (χ2v) is 7.43. The Kier molecular flexibility index (Phi) is 6.45. The molecule has 1 atom stereocenters. The van der Waals surface area contributed by atoms with Gasteiger partial charge in [-0.3, -0.25) is 4.72 Å². The average molecular weight is 300 g/mol. The predicted octanol–water partition coefficient (Wildman–Crippen LogP) is 1.35. The molecule has 0 bridgehead atoms. The van der Waals surface area contributed by atoms with Crippen molar-refractivity contribution in [2.24, 2.45) is 0 Å². The molecule has 0 spiro atoms. The van der Waals surface area contributed by atoms with Gasteiger partial charge in [0, 0.05) is 12.2 Å². The highest BCUT2D eigenvalue weighted by molar-refractivity contribution is 7.93. The van der Waals surface area contributed by atoms with Crippen LogP contribution in [-0.4, -0.2) is 38.0 Å². The third kappa shape index (κ3) is 5.90. The standard InChI is InChI=1S/C14H24N2O3S/c1-11(2)20(18,19)16-14-6-4-13(5-7-14)8-9-15-10-12(3)17/h4-7,11-12,15-17H,8-10H2,1-3H3. The van der Waals surface area contributed by atoms with E-state index in [1.54, 1.807) is 32.9 Å². The van der Waals surface area contributed by atoms with Crippen molar-refractivity contribution >= 4 is 15.7 Å². The molecule has 1 aromatic rings. The van der Waals surface area contributed by atoms with Crippen molar-refractivity contribution < 1.29 is 13.5 Å². The molecule has 0 saturated heterocycles. The molecule has 0 saturated carbocycles. The molecule has 6 heteroatoms. The van der Waals surface area contributed by atoms with E-state index in [0.717, 1.165) is 18.5 Å². The minimum Gasteiger partial charge on any atom is -0.392 e. The molecular formula is C14H24N2O3S. The van der Waals surface area contributed by atoms with Crippen molar-refractivity contribution in [3.8, 4) is 0 Å². The Morgan fingerprint density at radius 2 is 1.75 bits per heavy atom. The highest BCUT2D eigenvalue weighted by Gasteiger charge is 2.15. The third-order valence-electron chi connectivity index (χ3n) is 2.86. The molecule has 5 nitrogen and oxygen atoms in total. The number of benzene rings is 1. The van der Waals surface area contributed by atoms with Crippen LogP contribution in [0.25, 0.3) is 0 Å². The van der Waals surface area contributed by atoms with Crippen LogP contribution in [0.1, 0.15) is 26.3 Å². The number of nitrogens with one attached hydrogen (secondary N) is 2. The van der Waals surface area contributed by atoms with Crippen molar-refractivity contribution in [2.75, 3.05) is 17.8 Å². The predicted molar refractivity (Wildman–Crippen MR) is 82.4 cm³/mol. The van der Waals surface area contributed by atoms with Gasteiger partial charge in [-0.05, 0) is 51.4 Å². The summed E-state index contributed by atoms with van der Waals surface area (Å²) < 4.78 is 26.0. The lowest BCUT2D eigenvalue weighted by Gasteiger charge is -2.11. The molecule has 0 aliphatic carbocycles. The largest absolute Gasteiger partial charge is 0.392 e. The van der Waals surface area contributed by atoms with Crippen LogP contribution in [-0.2, 0) is 16.4 Å². The summed E-state index contributed by atoms with van der Waals surface area (Å²) in [5, 5.41) is 11.8. The van der Waals surface area contributed by atoms with Gasteiger partial charge in [-0.25, -0.2) is 8.42 Å². The minimum absolute atomic E-state index is 0.345. The first-order valence-corrected chi connectivity index (χ1v) is 8.35. The number of rotatable bonds is 8. The summed E-state index contributed by atoms with van der Waals surface area (Å²) in [5.41, 5.74) is 1.70. The molecule has 1 aromatic carbocycles. The molecule has 114 valence electrons. The Morgan fingerprint density at radius 1 is 1.15 bits per heavy atom. The third-order valence-corrected chi connectivity index (χ3v) is 4.63. The summed E-state index contributed by atoms with van der Waals surface area (Å²) in [7, 11) is -3.28. The van der Waals surface area contributed by atoms with Gasteiger partial charge in [0.25, 0.3) is 0 Å². The van der Waals surface area contributed by atoms with E-state index in [9.17, 15) is 8.42 Å². The lowest BCUT2D eigenvalue weighted by atomic mass is 10.1. The van der Waals surface area contributed by atoms with Crippen LogP contribution in [0, 0.1) is 0 Å². The fourth-order valence-electron chi connectivity index (χ4n) is 1.57. The van der Waals surface area contributed by atoms with Crippen LogP contribution in [0.2, 0.25) is 0 Å². The second kappa shape index (κ2) is 7.61. The molecule has 0 aliphatic heterocycles. The maximum absolute atomic E-state index is 11.7. The number of sulfonamides is 1. The Hall–Kier alpha value is -1.11. The molecule has 0 aromatic heterocycles. The fourth-order valence-corrected chi connectivity index (χ4v) is 2.27. The SMILES string of the molecule is CC(O)CNCCc1ccc(NS(=O)(=O)C(C)C)cc1. The maximum atomic E-state index is 11.7. The van der Waals surface area contributed by atoms with Crippen molar-refractivity contribution in [1.82, 2.24) is 5.32 Å². The summed E-state index contributed by atoms with van der Waals surface area (Å²) >= 11 is 0. The van der Waals surface area contributed by atoms with E-state index in [-0.39, 0.29) is 6.10 Å². The van der Waals surface area contributed by atoms with E-state index in [1.165, 1.54) is 0 Å². The molecule has 0 aliphatic rings. The molecular weight excluding hydrogens is 276 g/mol. The van der Waals surface area contributed by atoms with Crippen LogP contribution in [0.15, 0.2) is 24.3 Å². The maximum Gasteiger partial charge on any atom is 0.235 e. The summed E-state index contributed by atoms with van der Waals surface area (Å²) in [6.45, 7) is 6.38. The monoisotopic (exact) mass is 300 g/mol. The van der Waals surface area contributed by atoms with E-state index in [2.05, 4.69) is 10.0 Å². The number of aliphatic hydroxyl groups excluding tert-OH is 1. The van der Waals surface area contributed by atoms with Gasteiger partial charge in [0.2, 0.25) is 10.0 Å². The van der Waals surface area contributed by atoms with Crippen LogP contribution < -0.4 is 10.0 Å². The highest BCUT2D eigenvalue weighted by atomic mass is 32.2. The number of anilines is 1. The number of hydrogen-bond donors (Lipinski definition) is 3. The Bertz CT molecular complexity index is 496. The van der Waals surface area contributed by atoms with Gasteiger partial charge in [0.15, 0.2) is 0 Å². The van der Waals surface area contributed by atoms with Gasteiger partial charge in [-0.1, -0.05) is 12.1 Å². The molecule has 0 radical (unpaired) electrons. The van der Waals surface area contributed by atoms with E-state index < -0.39 is 15.3 Å². The molecule has 0 fully saturated rings. The first-order chi connectivity index (χ1) is 9.31. The minimum atomic E-state index is -3.28. The van der Waals surface area contributed by atoms with Gasteiger partial charge >= 0.3 is 0 Å². The number of hydrogen-bond acceptors (Lipinski definition) is 4. The van der Waals surface area contributed by atoms with Crippen molar-refractivity contribution in [3.05, 3.63) is 29.8 Å². The topological polar surface area (TPSA) is 78.4 Å². The van der Waals surface area contributed by atoms with Crippen molar-refractivity contribution in [1.29, 1.82) is 0 Å². The Balaban J connectivity index is 2.48. The average Bonchev–Trinajstić information content (AvgIpc) is 2.35. The molecule has 3 N–H and O–H groups in total. The van der Waals surface area contributed by atoms with E-state index >= 15 is 0 Å². The van der Waals surface area contributed by atoms with E-state index in [1.807, 2.05) is 12.1 Å². The molecule has 20 heavy (non-hydrogen) atoms. The van der Waals surface area contributed by atoms with E-state index in [0.29, 0.717) is 12.2 Å². The second-order valence-electron chi connectivity index (χ2n) is 5.20. The fraction of sp³-hybridized carbons (Fsp3) is 0.571. The van der Waals surface area contributed by atoms with Gasteiger partial charge < -0.3 is 10.4 Å². The first-order valence-electron chi connectivity index (χ1n) is 6.80. The summed E-state index contributed by atoms with van der Waals surface area (Å²) in [6, 6.07) is 7.35. The lowest BCUT2D eigenvalue weighted by Crippen LogP contribution is -2.26. The number of aliphatic hydroxyl groups is 1. The summed E-state index contributed by atoms with van der Waals surface area (Å²) in [6.07, 6.45) is 0.493. The zero-order chi connectivity index (χ0) is 15.2. The van der Waals surface area contributed by atoms with E-state index in [4.69, 9.17) is 5.11 Å². The quantitative estimate of drug-likeness (QED) is 0.633. The van der Waals surface area contributed by atoms with Crippen molar-refractivity contribution in [3.63, 3.8) is 0 Å². The van der Waals surface area contributed by atoms with Crippen LogP contribution in [0.3, 0.4) is 0 Å². The Labute approximate surface area is 121 Å². The molecule has 0 amide bonds. The first kappa shape index (κ1) is 16.9. The van der Waals surface area contributed by atoms with Gasteiger partial charge in [-0.15, -0.1) is 0 Å². The lowest BCUT2D eigenvalue weighted by molar-refractivity contribution is 0.191. The molecule has 0 heterocycles. The zero-order valence-electron chi connectivity index (χ0n) is 12.3. The van der Waals surface area contributed by atoms with Crippen LogP contribution >= 0.6 is 0 Å². The zero-order valence-corrected chi connectivity index (χ0v) is 13.1. The summed E-state index contributed by atoms with van der Waals surface area (Å²) in [4.78, 5) is 0.